The lowest BCUT2D eigenvalue weighted by atomic mass is 10.2. The number of nitrogens with one attached hydrogen (secondary N) is 2. The number of hydrogen-bond acceptors (Lipinski definition) is 3. The molecule has 13 heavy (non-hydrogen) atoms. The molecule has 1 saturated carbocycles. The largest absolute Gasteiger partial charge is 0.395 e. The first-order chi connectivity index (χ1) is 6.26. The zero-order valence-corrected chi connectivity index (χ0v) is 8.05. The van der Waals surface area contributed by atoms with Crippen molar-refractivity contribution < 1.29 is 9.90 Å². The zero-order chi connectivity index (χ0) is 9.68. The Morgan fingerprint density at radius 1 is 1.62 bits per heavy atom. The molecule has 0 radical (unpaired) electrons. The number of carbonyl (C=O) groups excluding carboxylic acids is 1. The first-order valence-electron chi connectivity index (χ1n) is 4.89. The van der Waals surface area contributed by atoms with E-state index in [1.807, 2.05) is 6.92 Å². The van der Waals surface area contributed by atoms with Gasteiger partial charge in [-0.1, -0.05) is 6.92 Å². The van der Waals surface area contributed by atoms with Crippen LogP contribution in [0.2, 0.25) is 0 Å². The van der Waals surface area contributed by atoms with Crippen LogP contribution in [0.25, 0.3) is 0 Å². The van der Waals surface area contributed by atoms with Crippen molar-refractivity contribution in [3.63, 3.8) is 0 Å². The van der Waals surface area contributed by atoms with Crippen LogP contribution in [-0.4, -0.2) is 36.2 Å². The highest BCUT2D eigenvalue weighted by Crippen LogP contribution is 2.18. The van der Waals surface area contributed by atoms with Crippen molar-refractivity contribution in [2.75, 3.05) is 13.2 Å². The maximum absolute atomic E-state index is 11.2. The summed E-state index contributed by atoms with van der Waals surface area (Å²) in [6, 6.07) is 0.466. The number of aliphatic hydroxyl groups excluding tert-OH is 1. The third-order valence-electron chi connectivity index (χ3n) is 2.21. The molecule has 1 atom stereocenters. The van der Waals surface area contributed by atoms with Gasteiger partial charge in [0, 0.05) is 12.1 Å². The molecule has 4 heteroatoms. The van der Waals surface area contributed by atoms with Crippen LogP contribution >= 0.6 is 0 Å². The summed E-state index contributed by atoms with van der Waals surface area (Å²) in [5.41, 5.74) is 0. The Morgan fingerprint density at radius 3 is 2.77 bits per heavy atom. The van der Waals surface area contributed by atoms with Gasteiger partial charge < -0.3 is 15.7 Å². The molecule has 0 spiro atoms. The lowest BCUT2D eigenvalue weighted by molar-refractivity contribution is -0.120. The van der Waals surface area contributed by atoms with Gasteiger partial charge in [-0.25, -0.2) is 0 Å². The summed E-state index contributed by atoms with van der Waals surface area (Å²) in [4.78, 5) is 11.2. The summed E-state index contributed by atoms with van der Waals surface area (Å²) in [6.45, 7) is 2.38. The van der Waals surface area contributed by atoms with Crippen molar-refractivity contribution in [3.05, 3.63) is 0 Å². The lowest BCUT2D eigenvalue weighted by Crippen LogP contribution is -2.41. The van der Waals surface area contributed by atoms with Gasteiger partial charge in [-0.05, 0) is 19.3 Å². The van der Waals surface area contributed by atoms with E-state index in [-0.39, 0.29) is 18.6 Å². The van der Waals surface area contributed by atoms with E-state index in [0.717, 1.165) is 19.3 Å². The monoisotopic (exact) mass is 186 g/mol. The molecule has 0 aromatic heterocycles. The van der Waals surface area contributed by atoms with Gasteiger partial charge in [-0.3, -0.25) is 4.79 Å². The molecular weight excluding hydrogens is 168 g/mol. The van der Waals surface area contributed by atoms with Gasteiger partial charge in [0.2, 0.25) is 5.91 Å². The van der Waals surface area contributed by atoms with Crippen LogP contribution in [0.3, 0.4) is 0 Å². The Labute approximate surface area is 78.7 Å². The number of carbonyl (C=O) groups is 1. The van der Waals surface area contributed by atoms with E-state index in [4.69, 9.17) is 5.11 Å². The molecule has 1 fully saturated rings. The van der Waals surface area contributed by atoms with E-state index in [2.05, 4.69) is 10.6 Å². The quantitative estimate of drug-likeness (QED) is 0.530. The maximum atomic E-state index is 11.2. The molecule has 0 heterocycles. The minimum atomic E-state index is 0.0365. The van der Waals surface area contributed by atoms with Crippen LogP contribution in [0.4, 0.5) is 0 Å². The summed E-state index contributed by atoms with van der Waals surface area (Å²) >= 11 is 0. The normalized spacial score (nSPS) is 18.3. The average molecular weight is 186 g/mol. The SMILES string of the molecule is CCC(CO)NCC(=O)NC1CC1. The molecule has 4 nitrogen and oxygen atoms in total. The molecular formula is C9H18N2O2. The number of aliphatic hydroxyl groups is 1. The smallest absolute Gasteiger partial charge is 0.234 e. The predicted octanol–water partition coefficient (Wildman–Crippen LogP) is -0.374. The molecule has 1 rings (SSSR count). The Bertz CT molecular complexity index is 165. The fourth-order valence-electron chi connectivity index (χ4n) is 1.08. The average Bonchev–Trinajstić information content (AvgIpc) is 2.90. The molecule has 0 saturated heterocycles. The van der Waals surface area contributed by atoms with Crippen molar-refractivity contribution in [2.45, 2.75) is 38.3 Å². The third-order valence-corrected chi connectivity index (χ3v) is 2.21. The number of rotatable bonds is 6. The van der Waals surface area contributed by atoms with Gasteiger partial charge in [0.15, 0.2) is 0 Å². The van der Waals surface area contributed by atoms with Crippen molar-refractivity contribution in [2.24, 2.45) is 0 Å². The van der Waals surface area contributed by atoms with Crippen molar-refractivity contribution >= 4 is 5.91 Å². The highest BCUT2D eigenvalue weighted by Gasteiger charge is 2.23. The number of hydrogen-bond donors (Lipinski definition) is 3. The fourth-order valence-corrected chi connectivity index (χ4v) is 1.08. The van der Waals surface area contributed by atoms with Crippen molar-refractivity contribution in [3.8, 4) is 0 Å². The second-order valence-corrected chi connectivity index (χ2v) is 3.51. The second kappa shape index (κ2) is 5.19. The van der Waals surface area contributed by atoms with Gasteiger partial charge >= 0.3 is 0 Å². The molecule has 3 N–H and O–H groups in total. The van der Waals surface area contributed by atoms with Gasteiger partial charge in [0.25, 0.3) is 0 Å². The molecule has 0 aromatic carbocycles. The molecule has 0 aliphatic heterocycles. The Balaban J connectivity index is 2.05. The van der Waals surface area contributed by atoms with E-state index < -0.39 is 0 Å². The summed E-state index contributed by atoms with van der Waals surface area (Å²) in [5.74, 6) is 0.0365. The highest BCUT2D eigenvalue weighted by atomic mass is 16.3. The van der Waals surface area contributed by atoms with E-state index in [1.165, 1.54) is 0 Å². The van der Waals surface area contributed by atoms with E-state index >= 15 is 0 Å². The van der Waals surface area contributed by atoms with E-state index in [0.29, 0.717) is 12.6 Å². The molecule has 0 bridgehead atoms. The molecule has 1 aliphatic rings. The topological polar surface area (TPSA) is 61.4 Å². The molecule has 76 valence electrons. The molecule has 1 amide bonds. The maximum Gasteiger partial charge on any atom is 0.234 e. The molecule has 1 unspecified atom stereocenters. The van der Waals surface area contributed by atoms with Gasteiger partial charge in [0.05, 0.1) is 13.2 Å². The summed E-state index contributed by atoms with van der Waals surface area (Å²) < 4.78 is 0. The van der Waals surface area contributed by atoms with E-state index in [9.17, 15) is 4.79 Å². The van der Waals surface area contributed by atoms with Gasteiger partial charge in [0.1, 0.15) is 0 Å². The lowest BCUT2D eigenvalue weighted by Gasteiger charge is -2.13. The van der Waals surface area contributed by atoms with Crippen molar-refractivity contribution in [1.82, 2.24) is 10.6 Å². The zero-order valence-electron chi connectivity index (χ0n) is 8.05. The Hall–Kier alpha value is -0.610. The van der Waals surface area contributed by atoms with E-state index in [1.54, 1.807) is 0 Å². The second-order valence-electron chi connectivity index (χ2n) is 3.51. The van der Waals surface area contributed by atoms with Gasteiger partial charge in [-0.15, -0.1) is 0 Å². The first kappa shape index (κ1) is 10.5. The molecule has 1 aliphatic carbocycles. The minimum Gasteiger partial charge on any atom is -0.395 e. The van der Waals surface area contributed by atoms with Crippen LogP contribution in [0, 0.1) is 0 Å². The molecule has 0 aromatic rings. The Kier molecular flexibility index (Phi) is 4.18. The number of amides is 1. The fraction of sp³-hybridized carbons (Fsp3) is 0.889. The van der Waals surface area contributed by atoms with Crippen LogP contribution in [0.5, 0.6) is 0 Å². The predicted molar refractivity (Wildman–Crippen MR) is 50.3 cm³/mol. The standard InChI is InChI=1S/C9H18N2O2/c1-2-7(6-12)10-5-9(13)11-8-3-4-8/h7-8,10,12H,2-6H2,1H3,(H,11,13). The third kappa shape index (κ3) is 4.24. The highest BCUT2D eigenvalue weighted by molar-refractivity contribution is 5.78. The minimum absolute atomic E-state index is 0.0365. The van der Waals surface area contributed by atoms with Crippen LogP contribution in [-0.2, 0) is 4.79 Å². The Morgan fingerprint density at radius 2 is 2.31 bits per heavy atom. The summed E-state index contributed by atoms with van der Waals surface area (Å²) in [6.07, 6.45) is 3.07. The first-order valence-corrected chi connectivity index (χ1v) is 4.89. The summed E-state index contributed by atoms with van der Waals surface area (Å²) in [7, 11) is 0. The van der Waals surface area contributed by atoms with Crippen molar-refractivity contribution in [1.29, 1.82) is 0 Å². The summed E-state index contributed by atoms with van der Waals surface area (Å²) in [5, 5.41) is 14.7. The van der Waals surface area contributed by atoms with Gasteiger partial charge in [-0.2, -0.15) is 0 Å². The van der Waals surface area contributed by atoms with Crippen LogP contribution in [0.1, 0.15) is 26.2 Å². The van der Waals surface area contributed by atoms with Crippen LogP contribution < -0.4 is 10.6 Å². The van der Waals surface area contributed by atoms with Crippen LogP contribution in [0.15, 0.2) is 0 Å².